The lowest BCUT2D eigenvalue weighted by molar-refractivity contribution is 0.603. The Hall–Kier alpha value is -6.64. The molecule has 0 radical (unpaired) electrons. The second-order valence-electron chi connectivity index (χ2n) is 11.9. The maximum absolute atomic E-state index is 6.36. The summed E-state index contributed by atoms with van der Waals surface area (Å²) >= 11 is 0. The van der Waals surface area contributed by atoms with Gasteiger partial charge in [0.25, 0.3) is 0 Å². The van der Waals surface area contributed by atoms with E-state index in [4.69, 9.17) is 4.42 Å². The summed E-state index contributed by atoms with van der Waals surface area (Å²) in [6.45, 7) is 0. The molecule has 0 atom stereocenters. The highest BCUT2D eigenvalue weighted by molar-refractivity contribution is 5.96. The molecule has 0 unspecified atom stereocenters. The van der Waals surface area contributed by atoms with Crippen LogP contribution in [0.25, 0.3) is 51.5 Å². The van der Waals surface area contributed by atoms with Crippen molar-refractivity contribution in [2.24, 2.45) is 0 Å². The summed E-state index contributed by atoms with van der Waals surface area (Å²) in [7, 11) is 0. The van der Waals surface area contributed by atoms with E-state index in [1.54, 1.807) is 0 Å². The predicted molar refractivity (Wildman–Crippen MR) is 215 cm³/mol. The van der Waals surface area contributed by atoms with Gasteiger partial charge in [-0.2, -0.15) is 0 Å². The molecule has 7 rings (SSSR count). The first kappa shape index (κ1) is 31.9. The molecule has 0 fully saturated rings. The minimum absolute atomic E-state index is 0.837. The van der Waals surface area contributed by atoms with E-state index in [0.717, 1.165) is 55.8 Å². The molecule has 0 aliphatic heterocycles. The Morgan fingerprint density at radius 2 is 1.28 bits per heavy atom. The Kier molecular flexibility index (Phi) is 10.2. The van der Waals surface area contributed by atoms with Gasteiger partial charge in [0.1, 0.15) is 11.3 Å². The normalized spacial score (nSPS) is 17.0. The van der Waals surface area contributed by atoms with Crippen LogP contribution in [0.2, 0.25) is 0 Å². The highest BCUT2D eigenvalue weighted by Crippen LogP contribution is 2.31. The van der Waals surface area contributed by atoms with E-state index in [1.165, 1.54) is 11.1 Å². The molecule has 6 aromatic rings. The summed E-state index contributed by atoms with van der Waals surface area (Å²) in [5, 5.41) is 4.57. The number of para-hydroxylation sites is 1. The third kappa shape index (κ3) is 8.07. The quantitative estimate of drug-likeness (QED) is 0.167. The molecule has 240 valence electrons. The van der Waals surface area contributed by atoms with Crippen molar-refractivity contribution in [1.29, 1.82) is 0 Å². The summed E-state index contributed by atoms with van der Waals surface area (Å²) in [4.78, 5) is 0. The van der Waals surface area contributed by atoms with Crippen LogP contribution in [0.3, 0.4) is 0 Å². The average Bonchev–Trinajstić information content (AvgIpc) is 3.51. The van der Waals surface area contributed by atoms with Gasteiger partial charge in [-0.3, -0.25) is 0 Å². The average molecular weight is 644 g/mol. The van der Waals surface area contributed by atoms with E-state index in [-0.39, 0.29) is 0 Å². The van der Waals surface area contributed by atoms with Crippen LogP contribution in [-0.4, -0.2) is 0 Å². The Bertz CT molecular complexity index is 2320. The van der Waals surface area contributed by atoms with Crippen molar-refractivity contribution in [3.63, 3.8) is 0 Å². The molecule has 0 spiro atoms. The molecule has 5 aromatic carbocycles. The van der Waals surface area contributed by atoms with Gasteiger partial charge in [-0.15, -0.1) is 0 Å². The van der Waals surface area contributed by atoms with Crippen LogP contribution < -0.4 is 5.32 Å². The Balaban J connectivity index is 1.16. The number of allylic oxidation sites excluding steroid dienone is 12. The lowest BCUT2D eigenvalue weighted by Crippen LogP contribution is -1.89. The van der Waals surface area contributed by atoms with Crippen LogP contribution >= 0.6 is 0 Å². The zero-order valence-corrected chi connectivity index (χ0v) is 27.7. The lowest BCUT2D eigenvalue weighted by atomic mass is 9.99. The first-order valence-corrected chi connectivity index (χ1v) is 16.8. The van der Waals surface area contributed by atoms with Gasteiger partial charge < -0.3 is 9.73 Å². The van der Waals surface area contributed by atoms with Crippen LogP contribution in [0.5, 0.6) is 0 Å². The molecule has 1 aliphatic rings. The van der Waals surface area contributed by atoms with E-state index in [1.807, 2.05) is 54.8 Å². The molecule has 2 nitrogen and oxygen atoms in total. The highest BCUT2D eigenvalue weighted by Gasteiger charge is 2.11. The van der Waals surface area contributed by atoms with E-state index >= 15 is 0 Å². The van der Waals surface area contributed by atoms with Gasteiger partial charge in [-0.05, 0) is 75.4 Å². The molecule has 0 bridgehead atoms. The van der Waals surface area contributed by atoms with E-state index in [9.17, 15) is 0 Å². The molecule has 1 N–H and O–H groups in total. The fourth-order valence-corrected chi connectivity index (χ4v) is 5.91. The van der Waals surface area contributed by atoms with Gasteiger partial charge in [-0.25, -0.2) is 0 Å². The molecule has 1 aromatic heterocycles. The third-order valence-electron chi connectivity index (χ3n) is 8.42. The van der Waals surface area contributed by atoms with Crippen molar-refractivity contribution in [3.05, 3.63) is 228 Å². The molecule has 0 amide bonds. The SMILES string of the molecule is C1=C\C(c2cccc(\C=C/C=C(\C=C\Nc3cccc(-c4ccccc4)c3)c3ccccc3)c2)=C/c2oc3ccccc3c2/C=C/C=C/C=C/1. The monoisotopic (exact) mass is 643 g/mol. The van der Waals surface area contributed by atoms with Gasteiger partial charge >= 0.3 is 0 Å². The van der Waals surface area contributed by atoms with Crippen molar-refractivity contribution in [2.45, 2.75) is 0 Å². The van der Waals surface area contributed by atoms with Crippen LogP contribution in [0.15, 0.2) is 205 Å². The summed E-state index contributed by atoms with van der Waals surface area (Å²) < 4.78 is 6.36. The Morgan fingerprint density at radius 3 is 2.14 bits per heavy atom. The predicted octanol–water partition coefficient (Wildman–Crippen LogP) is 13.1. The smallest absolute Gasteiger partial charge is 0.136 e. The fourth-order valence-electron chi connectivity index (χ4n) is 5.91. The van der Waals surface area contributed by atoms with Gasteiger partial charge in [0.15, 0.2) is 0 Å². The summed E-state index contributed by atoms with van der Waals surface area (Å²) in [5.41, 5.74) is 10.9. The van der Waals surface area contributed by atoms with Crippen molar-refractivity contribution in [2.75, 3.05) is 5.32 Å². The zero-order chi connectivity index (χ0) is 33.8. The van der Waals surface area contributed by atoms with Gasteiger partial charge in [0.2, 0.25) is 0 Å². The topological polar surface area (TPSA) is 25.2 Å². The summed E-state index contributed by atoms with van der Waals surface area (Å²) in [6, 6.07) is 46.1. The second-order valence-corrected chi connectivity index (χ2v) is 11.9. The largest absolute Gasteiger partial charge is 0.456 e. The first-order valence-electron chi connectivity index (χ1n) is 16.8. The lowest BCUT2D eigenvalue weighted by Gasteiger charge is -2.06. The number of nitrogens with one attached hydrogen (secondary N) is 1. The van der Waals surface area contributed by atoms with Gasteiger partial charge in [0, 0.05) is 22.8 Å². The molecule has 0 saturated heterocycles. The maximum atomic E-state index is 6.36. The van der Waals surface area contributed by atoms with Gasteiger partial charge in [0.05, 0.1) is 0 Å². The molecular formula is C48H37NO. The molecular weight excluding hydrogens is 607 g/mol. The van der Waals surface area contributed by atoms with Gasteiger partial charge in [-0.1, -0.05) is 176 Å². The second kappa shape index (κ2) is 16.0. The first-order chi connectivity index (χ1) is 24.8. The number of anilines is 1. The number of rotatable bonds is 8. The van der Waals surface area contributed by atoms with Crippen LogP contribution in [0.1, 0.15) is 28.0 Å². The highest BCUT2D eigenvalue weighted by atomic mass is 16.3. The third-order valence-corrected chi connectivity index (χ3v) is 8.42. The number of benzene rings is 5. The van der Waals surface area contributed by atoms with Crippen LogP contribution in [-0.2, 0) is 0 Å². The summed E-state index contributed by atoms with van der Waals surface area (Å²) in [5.74, 6) is 0.837. The minimum Gasteiger partial charge on any atom is -0.456 e. The van der Waals surface area contributed by atoms with E-state index in [2.05, 4.69) is 169 Å². The van der Waals surface area contributed by atoms with E-state index in [0.29, 0.717) is 0 Å². The number of furan rings is 1. The van der Waals surface area contributed by atoms with Crippen LogP contribution in [0.4, 0.5) is 5.69 Å². The maximum Gasteiger partial charge on any atom is 0.136 e. The molecule has 0 saturated carbocycles. The number of hydrogen-bond donors (Lipinski definition) is 1. The molecule has 50 heavy (non-hydrogen) atoms. The summed E-state index contributed by atoms with van der Waals surface area (Å²) in [6.07, 6.45) is 29.2. The van der Waals surface area contributed by atoms with Crippen LogP contribution in [0, 0.1) is 0 Å². The number of fused-ring (bicyclic) bond motifs is 3. The fraction of sp³-hybridized carbons (Fsp3) is 0. The number of hydrogen-bond acceptors (Lipinski definition) is 2. The van der Waals surface area contributed by atoms with Crippen molar-refractivity contribution in [3.8, 4) is 11.1 Å². The molecule has 1 heterocycles. The van der Waals surface area contributed by atoms with E-state index < -0.39 is 0 Å². The standard InChI is InChI=1S/C48H37NO/c1-2-4-12-29-46-45-30-13-14-31-47(45)50-48(46)36-43(24-7-3-1)41-26-16-19-37(34-41)18-15-25-40(38-20-8-5-9-21-38)32-33-49-44-28-17-27-42(35-44)39-22-10-6-11-23-39/h1-36,49H/b2-1?,3-1+,4-2+,7-3?,12-4?,18-15-,24-7-,29-12+,33-32+,40-25+,43-24?,43-36+,46-29?,48-36?. The zero-order valence-electron chi connectivity index (χ0n) is 27.7. The molecule has 2 heteroatoms. The minimum atomic E-state index is 0.837. The van der Waals surface area contributed by atoms with Crippen molar-refractivity contribution < 1.29 is 4.42 Å². The molecule has 1 aliphatic carbocycles. The Morgan fingerprint density at radius 1 is 0.580 bits per heavy atom. The van der Waals surface area contributed by atoms with Crippen molar-refractivity contribution >= 4 is 46.0 Å². The van der Waals surface area contributed by atoms with Crippen molar-refractivity contribution in [1.82, 2.24) is 0 Å². The Labute approximate surface area is 294 Å².